The molecular formula is C13H21NO2S. The smallest absolute Gasteiger partial charge is 0.123 e. The molecule has 0 bridgehead atoms. The zero-order valence-corrected chi connectivity index (χ0v) is 11.8. The van der Waals surface area contributed by atoms with Crippen molar-refractivity contribution >= 4 is 10.8 Å². The maximum atomic E-state index is 11.7. The van der Waals surface area contributed by atoms with Crippen LogP contribution in [0, 0.1) is 6.92 Å². The summed E-state index contributed by atoms with van der Waals surface area (Å²) in [6.07, 6.45) is 0. The topological polar surface area (TPSA) is 38.3 Å². The van der Waals surface area contributed by atoms with Crippen molar-refractivity contribution in [2.45, 2.75) is 19.9 Å². The minimum atomic E-state index is -0.792. The Morgan fingerprint density at radius 1 is 1.47 bits per heavy atom. The third-order valence-electron chi connectivity index (χ3n) is 2.78. The lowest BCUT2D eigenvalue weighted by Crippen LogP contribution is -2.24. The van der Waals surface area contributed by atoms with E-state index in [0.717, 1.165) is 11.3 Å². The number of ether oxygens (including phenoxy) is 1. The standard InChI is InChI=1S/C13H21NO2S/c1-5-17(15)9-12(14-3)11-8-10(2)6-7-13(11)16-4/h6-8,12,14H,5,9H2,1-4H3. The molecule has 0 spiro atoms. The highest BCUT2D eigenvalue weighted by Gasteiger charge is 2.16. The Morgan fingerprint density at radius 2 is 2.18 bits per heavy atom. The molecule has 0 amide bonds. The maximum Gasteiger partial charge on any atom is 0.123 e. The maximum absolute atomic E-state index is 11.7. The molecule has 2 unspecified atom stereocenters. The van der Waals surface area contributed by atoms with Crippen molar-refractivity contribution < 1.29 is 8.95 Å². The minimum Gasteiger partial charge on any atom is -0.496 e. The van der Waals surface area contributed by atoms with Gasteiger partial charge in [0.2, 0.25) is 0 Å². The molecule has 0 aliphatic rings. The van der Waals surface area contributed by atoms with Gasteiger partial charge >= 0.3 is 0 Å². The molecule has 0 aliphatic heterocycles. The van der Waals surface area contributed by atoms with Crippen LogP contribution in [0.4, 0.5) is 0 Å². The molecule has 1 rings (SSSR count). The predicted octanol–water partition coefficient (Wildman–Crippen LogP) is 2.03. The molecule has 1 aromatic carbocycles. The minimum absolute atomic E-state index is 0.0747. The molecule has 0 aromatic heterocycles. The Hall–Kier alpha value is -0.870. The normalized spacial score (nSPS) is 14.4. The third-order valence-corrected chi connectivity index (χ3v) is 4.13. The first-order chi connectivity index (χ1) is 8.12. The van der Waals surface area contributed by atoms with Crippen LogP contribution in [0.1, 0.15) is 24.1 Å². The second-order valence-electron chi connectivity index (χ2n) is 3.98. The third kappa shape index (κ3) is 3.82. The van der Waals surface area contributed by atoms with Crippen molar-refractivity contribution in [1.29, 1.82) is 0 Å². The van der Waals surface area contributed by atoms with Gasteiger partial charge in [0.15, 0.2) is 0 Å². The second-order valence-corrected chi connectivity index (χ2v) is 5.77. The summed E-state index contributed by atoms with van der Waals surface area (Å²) in [5.41, 5.74) is 2.26. The first-order valence-electron chi connectivity index (χ1n) is 5.79. The highest BCUT2D eigenvalue weighted by atomic mass is 32.2. The van der Waals surface area contributed by atoms with E-state index in [4.69, 9.17) is 4.74 Å². The highest BCUT2D eigenvalue weighted by molar-refractivity contribution is 7.84. The average molecular weight is 255 g/mol. The molecule has 0 radical (unpaired) electrons. The summed E-state index contributed by atoms with van der Waals surface area (Å²) in [6, 6.07) is 6.15. The van der Waals surface area contributed by atoms with Gasteiger partial charge in [-0.1, -0.05) is 24.6 Å². The molecule has 0 aliphatic carbocycles. The van der Waals surface area contributed by atoms with Gasteiger partial charge in [-0.25, -0.2) is 0 Å². The lowest BCUT2D eigenvalue weighted by molar-refractivity contribution is 0.404. The van der Waals surface area contributed by atoms with Crippen LogP contribution in [-0.2, 0) is 10.8 Å². The molecule has 2 atom stereocenters. The van der Waals surface area contributed by atoms with Gasteiger partial charge in [0.1, 0.15) is 5.75 Å². The molecule has 1 N–H and O–H groups in total. The van der Waals surface area contributed by atoms with Crippen LogP contribution >= 0.6 is 0 Å². The number of hydrogen-bond acceptors (Lipinski definition) is 3. The van der Waals surface area contributed by atoms with Crippen LogP contribution in [0.15, 0.2) is 18.2 Å². The number of methoxy groups -OCH3 is 1. The fraction of sp³-hybridized carbons (Fsp3) is 0.538. The molecule has 0 saturated carbocycles. The van der Waals surface area contributed by atoms with Crippen molar-refractivity contribution in [1.82, 2.24) is 5.32 Å². The summed E-state index contributed by atoms with van der Waals surface area (Å²) >= 11 is 0. The first-order valence-corrected chi connectivity index (χ1v) is 7.28. The second kappa shape index (κ2) is 6.77. The van der Waals surface area contributed by atoms with E-state index in [0.29, 0.717) is 11.5 Å². The molecule has 96 valence electrons. The Kier molecular flexibility index (Phi) is 5.65. The van der Waals surface area contributed by atoms with Gasteiger partial charge in [0.05, 0.1) is 7.11 Å². The highest BCUT2D eigenvalue weighted by Crippen LogP contribution is 2.26. The first kappa shape index (κ1) is 14.2. The number of aryl methyl sites for hydroxylation is 1. The molecule has 17 heavy (non-hydrogen) atoms. The van der Waals surface area contributed by atoms with E-state index >= 15 is 0 Å². The van der Waals surface area contributed by atoms with E-state index < -0.39 is 10.8 Å². The molecule has 0 fully saturated rings. The number of hydrogen-bond donors (Lipinski definition) is 1. The molecule has 0 heterocycles. The van der Waals surface area contributed by atoms with Gasteiger partial charge in [0, 0.05) is 33.9 Å². The van der Waals surface area contributed by atoms with Crippen LogP contribution in [0.25, 0.3) is 0 Å². The lowest BCUT2D eigenvalue weighted by atomic mass is 10.0. The monoisotopic (exact) mass is 255 g/mol. The van der Waals surface area contributed by atoms with E-state index in [1.54, 1.807) is 7.11 Å². The van der Waals surface area contributed by atoms with Crippen molar-refractivity contribution in [2.75, 3.05) is 25.7 Å². The van der Waals surface area contributed by atoms with Crippen molar-refractivity contribution in [3.8, 4) is 5.75 Å². The number of nitrogens with one attached hydrogen (secondary N) is 1. The molecule has 4 heteroatoms. The van der Waals surface area contributed by atoms with Crippen molar-refractivity contribution in [2.24, 2.45) is 0 Å². The van der Waals surface area contributed by atoms with E-state index in [9.17, 15) is 4.21 Å². The van der Waals surface area contributed by atoms with E-state index in [-0.39, 0.29) is 6.04 Å². The molecule has 0 saturated heterocycles. The molecule has 3 nitrogen and oxygen atoms in total. The van der Waals surface area contributed by atoms with Gasteiger partial charge in [0.25, 0.3) is 0 Å². The zero-order valence-electron chi connectivity index (χ0n) is 10.9. The SMILES string of the molecule is CCS(=O)CC(NC)c1cc(C)ccc1OC. The molecular weight excluding hydrogens is 234 g/mol. The Morgan fingerprint density at radius 3 is 2.71 bits per heavy atom. The van der Waals surface area contributed by atoms with E-state index in [1.807, 2.05) is 33.0 Å². The zero-order chi connectivity index (χ0) is 12.8. The largest absolute Gasteiger partial charge is 0.496 e. The van der Waals surface area contributed by atoms with E-state index in [1.165, 1.54) is 5.56 Å². The summed E-state index contributed by atoms with van der Waals surface area (Å²) in [4.78, 5) is 0. The fourth-order valence-electron chi connectivity index (χ4n) is 1.76. The van der Waals surface area contributed by atoms with Gasteiger partial charge in [-0.05, 0) is 20.0 Å². The van der Waals surface area contributed by atoms with Crippen LogP contribution in [0.5, 0.6) is 5.75 Å². The summed E-state index contributed by atoms with van der Waals surface area (Å²) in [7, 11) is 2.76. The van der Waals surface area contributed by atoms with Crippen molar-refractivity contribution in [3.05, 3.63) is 29.3 Å². The summed E-state index contributed by atoms with van der Waals surface area (Å²) in [5, 5.41) is 3.21. The van der Waals surface area contributed by atoms with Crippen LogP contribution in [0.2, 0.25) is 0 Å². The van der Waals surface area contributed by atoms with Gasteiger partial charge in [-0.15, -0.1) is 0 Å². The summed E-state index contributed by atoms with van der Waals surface area (Å²) in [6.45, 7) is 3.99. The Balaban J connectivity index is 3.01. The Bertz CT molecular complexity index is 393. The molecule has 1 aromatic rings. The van der Waals surface area contributed by atoms with Gasteiger partial charge in [-0.2, -0.15) is 0 Å². The average Bonchev–Trinajstić information content (AvgIpc) is 2.35. The van der Waals surface area contributed by atoms with Gasteiger partial charge in [-0.3, -0.25) is 4.21 Å². The van der Waals surface area contributed by atoms with Crippen LogP contribution in [0.3, 0.4) is 0 Å². The van der Waals surface area contributed by atoms with E-state index in [2.05, 4.69) is 11.4 Å². The predicted molar refractivity (Wildman–Crippen MR) is 73.1 cm³/mol. The van der Waals surface area contributed by atoms with Crippen LogP contribution in [-0.4, -0.2) is 29.9 Å². The van der Waals surface area contributed by atoms with Crippen molar-refractivity contribution in [3.63, 3.8) is 0 Å². The number of benzene rings is 1. The number of rotatable bonds is 6. The van der Waals surface area contributed by atoms with Crippen LogP contribution < -0.4 is 10.1 Å². The Labute approximate surface area is 106 Å². The summed E-state index contributed by atoms with van der Waals surface area (Å²) < 4.78 is 17.0. The fourth-order valence-corrected chi connectivity index (χ4v) is 2.71. The van der Waals surface area contributed by atoms with Gasteiger partial charge < -0.3 is 10.1 Å². The summed E-state index contributed by atoms with van der Waals surface area (Å²) in [5.74, 6) is 2.15. The quantitative estimate of drug-likeness (QED) is 0.845. The lowest BCUT2D eigenvalue weighted by Gasteiger charge is -2.19.